The zero-order chi connectivity index (χ0) is 13.1. The minimum Gasteiger partial charge on any atom is -0.475 e. The van der Waals surface area contributed by atoms with Gasteiger partial charge in [-0.25, -0.2) is 4.79 Å². The van der Waals surface area contributed by atoms with Crippen LogP contribution in [0, 0.1) is 0 Å². The monoisotopic (exact) mass is 265 g/mol. The molecule has 1 N–H and O–H groups in total. The number of thiophene rings is 1. The first-order valence-corrected chi connectivity index (χ1v) is 6.12. The van der Waals surface area contributed by atoms with E-state index in [0.717, 1.165) is 5.56 Å². The minimum absolute atomic E-state index is 0.0325. The topological polar surface area (TPSA) is 70.8 Å². The highest BCUT2D eigenvalue weighted by atomic mass is 32.1. The molecule has 6 heteroatoms. The van der Waals surface area contributed by atoms with Gasteiger partial charge in [-0.05, 0) is 34.5 Å². The molecule has 0 bridgehead atoms. The Morgan fingerprint density at radius 3 is 2.61 bits per heavy atom. The molecule has 0 saturated carbocycles. The number of hydrogen-bond acceptors (Lipinski definition) is 4. The van der Waals surface area contributed by atoms with Gasteiger partial charge in [0.1, 0.15) is 0 Å². The van der Waals surface area contributed by atoms with E-state index in [1.165, 1.54) is 17.0 Å². The Hall–Kier alpha value is -2.08. The summed E-state index contributed by atoms with van der Waals surface area (Å²) in [4.78, 5) is 24.1. The molecular weight excluding hydrogens is 254 g/mol. The lowest BCUT2D eigenvalue weighted by atomic mass is 10.3. The Labute approximate surface area is 107 Å². The number of furan rings is 1. The van der Waals surface area contributed by atoms with Gasteiger partial charge in [-0.2, -0.15) is 11.3 Å². The van der Waals surface area contributed by atoms with E-state index in [1.54, 1.807) is 18.4 Å². The molecule has 2 aromatic rings. The van der Waals surface area contributed by atoms with Gasteiger partial charge in [0.25, 0.3) is 5.91 Å². The first-order chi connectivity index (χ1) is 8.58. The molecule has 0 aliphatic rings. The highest BCUT2D eigenvalue weighted by molar-refractivity contribution is 7.07. The zero-order valence-electron chi connectivity index (χ0n) is 9.62. The smallest absolute Gasteiger partial charge is 0.371 e. The quantitative estimate of drug-likeness (QED) is 0.920. The molecule has 2 rings (SSSR count). The number of carboxylic acid groups (broad SMARTS) is 1. The van der Waals surface area contributed by atoms with Gasteiger partial charge in [0.05, 0.1) is 0 Å². The fraction of sp³-hybridized carbons (Fsp3) is 0.167. The lowest BCUT2D eigenvalue weighted by Crippen LogP contribution is -2.25. The van der Waals surface area contributed by atoms with E-state index in [0.29, 0.717) is 6.54 Å². The molecule has 0 saturated heterocycles. The van der Waals surface area contributed by atoms with E-state index in [2.05, 4.69) is 0 Å². The molecule has 2 heterocycles. The summed E-state index contributed by atoms with van der Waals surface area (Å²) in [6.07, 6.45) is 0. The third-order valence-electron chi connectivity index (χ3n) is 2.37. The van der Waals surface area contributed by atoms with Crippen LogP contribution < -0.4 is 0 Å². The second-order valence-corrected chi connectivity index (χ2v) is 4.54. The van der Waals surface area contributed by atoms with E-state index >= 15 is 0 Å². The standard InChI is InChI=1S/C12H11NO4S/c1-13(6-8-4-5-18-7-8)11(14)9-2-3-10(17-9)12(15)16/h2-5,7H,6H2,1H3,(H,15,16). The molecule has 0 aliphatic heterocycles. The van der Waals surface area contributed by atoms with Crippen LogP contribution in [0.3, 0.4) is 0 Å². The van der Waals surface area contributed by atoms with Gasteiger partial charge < -0.3 is 14.4 Å². The Bertz CT molecular complexity index is 558. The van der Waals surface area contributed by atoms with E-state index in [1.807, 2.05) is 16.8 Å². The van der Waals surface area contributed by atoms with Crippen LogP contribution >= 0.6 is 11.3 Å². The van der Waals surface area contributed by atoms with Crippen LogP contribution in [-0.2, 0) is 6.54 Å². The third kappa shape index (κ3) is 2.60. The average Bonchev–Trinajstić information content (AvgIpc) is 2.98. The maximum atomic E-state index is 11.9. The van der Waals surface area contributed by atoms with Crippen molar-refractivity contribution in [2.75, 3.05) is 7.05 Å². The highest BCUT2D eigenvalue weighted by Gasteiger charge is 2.18. The number of rotatable bonds is 4. The molecule has 0 atom stereocenters. The van der Waals surface area contributed by atoms with Crippen LogP contribution in [0.5, 0.6) is 0 Å². The summed E-state index contributed by atoms with van der Waals surface area (Å²) >= 11 is 1.56. The first kappa shape index (κ1) is 12.4. The van der Waals surface area contributed by atoms with E-state index in [-0.39, 0.29) is 17.4 Å². The Balaban J connectivity index is 2.08. The van der Waals surface area contributed by atoms with Gasteiger partial charge in [-0.1, -0.05) is 0 Å². The second kappa shape index (κ2) is 5.05. The summed E-state index contributed by atoms with van der Waals surface area (Å²) in [5.41, 5.74) is 1.03. The lowest BCUT2D eigenvalue weighted by molar-refractivity contribution is 0.0653. The fourth-order valence-electron chi connectivity index (χ4n) is 1.48. The number of carbonyl (C=O) groups is 2. The molecule has 94 valence electrons. The number of amides is 1. The van der Waals surface area contributed by atoms with Gasteiger partial charge in [0.2, 0.25) is 5.76 Å². The molecular formula is C12H11NO4S. The zero-order valence-corrected chi connectivity index (χ0v) is 10.4. The van der Waals surface area contributed by atoms with Crippen molar-refractivity contribution in [3.05, 3.63) is 46.0 Å². The van der Waals surface area contributed by atoms with Crippen LogP contribution in [0.4, 0.5) is 0 Å². The fourth-order valence-corrected chi connectivity index (χ4v) is 2.14. The Morgan fingerprint density at radius 1 is 1.33 bits per heavy atom. The van der Waals surface area contributed by atoms with Gasteiger partial charge in [-0.15, -0.1) is 0 Å². The number of hydrogen-bond donors (Lipinski definition) is 1. The Morgan fingerprint density at radius 2 is 2.06 bits per heavy atom. The molecule has 18 heavy (non-hydrogen) atoms. The number of carboxylic acids is 1. The van der Waals surface area contributed by atoms with Crippen molar-refractivity contribution in [2.24, 2.45) is 0 Å². The number of carbonyl (C=O) groups excluding carboxylic acids is 1. The van der Waals surface area contributed by atoms with Crippen LogP contribution in [-0.4, -0.2) is 28.9 Å². The molecule has 0 fully saturated rings. The summed E-state index contributed by atoms with van der Waals surface area (Å²) < 4.78 is 4.96. The predicted molar refractivity (Wildman–Crippen MR) is 65.8 cm³/mol. The van der Waals surface area contributed by atoms with Gasteiger partial charge in [-0.3, -0.25) is 4.79 Å². The first-order valence-electron chi connectivity index (χ1n) is 5.17. The second-order valence-electron chi connectivity index (χ2n) is 3.76. The lowest BCUT2D eigenvalue weighted by Gasteiger charge is -2.14. The third-order valence-corrected chi connectivity index (χ3v) is 3.11. The van der Waals surface area contributed by atoms with Gasteiger partial charge in [0.15, 0.2) is 5.76 Å². The van der Waals surface area contributed by atoms with Crippen LogP contribution in [0.15, 0.2) is 33.4 Å². The van der Waals surface area contributed by atoms with Crippen molar-refractivity contribution in [1.82, 2.24) is 4.90 Å². The van der Waals surface area contributed by atoms with Crippen LogP contribution in [0.25, 0.3) is 0 Å². The maximum Gasteiger partial charge on any atom is 0.371 e. The van der Waals surface area contributed by atoms with Crippen molar-refractivity contribution in [3.8, 4) is 0 Å². The van der Waals surface area contributed by atoms with Crippen molar-refractivity contribution >= 4 is 23.2 Å². The molecule has 0 aliphatic carbocycles. The summed E-state index contributed by atoms with van der Waals surface area (Å²) in [6, 6.07) is 4.57. The minimum atomic E-state index is -1.19. The van der Waals surface area contributed by atoms with Crippen molar-refractivity contribution in [1.29, 1.82) is 0 Å². The highest BCUT2D eigenvalue weighted by Crippen LogP contribution is 2.13. The van der Waals surface area contributed by atoms with E-state index in [9.17, 15) is 9.59 Å². The molecule has 0 radical (unpaired) electrons. The van der Waals surface area contributed by atoms with E-state index < -0.39 is 5.97 Å². The molecule has 2 aromatic heterocycles. The summed E-state index contributed by atoms with van der Waals surface area (Å²) in [5, 5.41) is 12.6. The maximum absolute atomic E-state index is 11.9. The van der Waals surface area contributed by atoms with Crippen LogP contribution in [0.2, 0.25) is 0 Å². The molecule has 0 unspecified atom stereocenters. The summed E-state index contributed by atoms with van der Waals surface area (Å²) in [5.74, 6) is -1.73. The summed E-state index contributed by atoms with van der Waals surface area (Å²) in [6.45, 7) is 0.464. The SMILES string of the molecule is CN(Cc1ccsc1)C(=O)c1ccc(C(=O)O)o1. The number of nitrogens with zero attached hydrogens (tertiary/aromatic N) is 1. The average molecular weight is 265 g/mol. The van der Waals surface area contributed by atoms with Crippen molar-refractivity contribution in [2.45, 2.75) is 6.54 Å². The normalized spacial score (nSPS) is 10.3. The Kier molecular flexibility index (Phi) is 3.47. The molecule has 5 nitrogen and oxygen atoms in total. The van der Waals surface area contributed by atoms with E-state index in [4.69, 9.17) is 9.52 Å². The molecule has 0 spiro atoms. The van der Waals surface area contributed by atoms with Crippen LogP contribution in [0.1, 0.15) is 26.7 Å². The number of aromatic carboxylic acids is 1. The van der Waals surface area contributed by atoms with Gasteiger partial charge >= 0.3 is 5.97 Å². The van der Waals surface area contributed by atoms with Crippen molar-refractivity contribution in [3.63, 3.8) is 0 Å². The molecule has 1 amide bonds. The largest absolute Gasteiger partial charge is 0.475 e. The molecule has 0 aromatic carbocycles. The summed E-state index contributed by atoms with van der Waals surface area (Å²) in [7, 11) is 1.64. The van der Waals surface area contributed by atoms with Crippen molar-refractivity contribution < 1.29 is 19.1 Å². The van der Waals surface area contributed by atoms with Gasteiger partial charge in [0, 0.05) is 13.6 Å². The predicted octanol–water partition coefficient (Wildman–Crippen LogP) is 2.31.